The summed E-state index contributed by atoms with van der Waals surface area (Å²) in [6.45, 7) is 6.59. The van der Waals surface area contributed by atoms with Crippen LogP contribution < -0.4 is 0 Å². The van der Waals surface area contributed by atoms with Crippen LogP contribution in [0, 0.1) is 0 Å². The van der Waals surface area contributed by atoms with E-state index in [0.29, 0.717) is 25.7 Å². The molecule has 0 saturated heterocycles. The van der Waals surface area contributed by atoms with Gasteiger partial charge in [0.15, 0.2) is 6.10 Å². The van der Waals surface area contributed by atoms with E-state index in [1.807, 2.05) is 0 Å². The van der Waals surface area contributed by atoms with Gasteiger partial charge in [0.05, 0.1) is 0 Å². The predicted octanol–water partition coefficient (Wildman–Crippen LogP) is 17.9. The molecule has 0 amide bonds. The third kappa shape index (κ3) is 50.2. The van der Waals surface area contributed by atoms with Crippen molar-refractivity contribution < 1.29 is 28.6 Å². The number of carbonyl (C=O) groups excluding carboxylic acids is 3. The minimum atomic E-state index is -0.792. The molecule has 0 aliphatic heterocycles. The van der Waals surface area contributed by atoms with E-state index in [4.69, 9.17) is 14.2 Å². The van der Waals surface area contributed by atoms with Crippen LogP contribution in [0.3, 0.4) is 0 Å². The van der Waals surface area contributed by atoms with Crippen LogP contribution in [0.25, 0.3) is 0 Å². The molecule has 0 aromatic carbocycles. The van der Waals surface area contributed by atoms with E-state index in [9.17, 15) is 14.4 Å². The van der Waals surface area contributed by atoms with Crippen LogP contribution in [0.4, 0.5) is 0 Å². The largest absolute Gasteiger partial charge is 0.462 e. The van der Waals surface area contributed by atoms with Crippen LogP contribution in [-0.2, 0) is 28.6 Å². The topological polar surface area (TPSA) is 78.9 Å². The number of carbonyl (C=O) groups is 3. The summed E-state index contributed by atoms with van der Waals surface area (Å²) in [5.41, 5.74) is 0. The quantitative estimate of drug-likeness (QED) is 0.0262. The second-order valence-corrected chi connectivity index (χ2v) is 18.1. The molecule has 0 saturated carbocycles. The average Bonchev–Trinajstić information content (AvgIpc) is 3.28. The molecule has 0 fully saturated rings. The third-order valence-corrected chi connectivity index (χ3v) is 11.8. The molecule has 0 radical (unpaired) electrons. The Bertz CT molecular complexity index is 1110. The van der Waals surface area contributed by atoms with Gasteiger partial charge in [-0.2, -0.15) is 0 Å². The van der Waals surface area contributed by atoms with Crippen molar-refractivity contribution in [2.75, 3.05) is 13.2 Å². The van der Waals surface area contributed by atoms with E-state index in [-0.39, 0.29) is 31.1 Å². The zero-order valence-electron chi connectivity index (χ0n) is 41.8. The monoisotopic (exact) mass is 883 g/mol. The summed E-state index contributed by atoms with van der Waals surface area (Å²) in [4.78, 5) is 38.0. The Kier molecular flexibility index (Phi) is 49.8. The average molecular weight is 883 g/mol. The molecule has 0 rings (SSSR count). The number of hydrogen-bond acceptors (Lipinski definition) is 6. The first-order chi connectivity index (χ1) is 31.0. The van der Waals surface area contributed by atoms with Crippen molar-refractivity contribution in [2.24, 2.45) is 0 Å². The smallest absolute Gasteiger partial charge is 0.306 e. The van der Waals surface area contributed by atoms with Gasteiger partial charge in [-0.1, -0.05) is 230 Å². The molecule has 0 N–H and O–H groups in total. The molecule has 6 nitrogen and oxygen atoms in total. The minimum Gasteiger partial charge on any atom is -0.462 e. The lowest BCUT2D eigenvalue weighted by Gasteiger charge is -2.18. The predicted molar refractivity (Wildman–Crippen MR) is 270 cm³/mol. The Morgan fingerprint density at radius 1 is 0.317 bits per heavy atom. The number of ether oxygens (including phenoxy) is 3. The standard InChI is InChI=1S/C57H102O6/c1-4-7-10-13-16-19-22-25-27-28-30-32-35-38-41-44-47-50-56(59)62-53-54(52-61-55(58)49-46-43-40-37-34-31-24-21-18-15-12-9-6-3)63-57(60)51-48-45-42-39-36-33-29-26-23-20-17-14-11-8-5-2/h20,23,25,27,30,32,38,41,54H,4-19,21-22,24,26,28-29,31,33-37,39-40,42-53H2,1-3H3/b23-20-,27-25-,32-30-,41-38-. The molecule has 1 atom stereocenters. The van der Waals surface area contributed by atoms with Crippen LogP contribution in [0.15, 0.2) is 48.6 Å². The van der Waals surface area contributed by atoms with Crippen molar-refractivity contribution in [1.82, 2.24) is 0 Å². The van der Waals surface area contributed by atoms with E-state index in [2.05, 4.69) is 69.4 Å². The van der Waals surface area contributed by atoms with Crippen molar-refractivity contribution in [3.63, 3.8) is 0 Å². The van der Waals surface area contributed by atoms with Crippen molar-refractivity contribution in [3.8, 4) is 0 Å². The summed E-state index contributed by atoms with van der Waals surface area (Å²) < 4.78 is 16.8. The van der Waals surface area contributed by atoms with Crippen molar-refractivity contribution >= 4 is 17.9 Å². The van der Waals surface area contributed by atoms with Gasteiger partial charge >= 0.3 is 17.9 Å². The Morgan fingerprint density at radius 3 is 0.984 bits per heavy atom. The van der Waals surface area contributed by atoms with Crippen LogP contribution in [0.1, 0.15) is 278 Å². The zero-order valence-corrected chi connectivity index (χ0v) is 41.8. The summed E-state index contributed by atoms with van der Waals surface area (Å²) in [7, 11) is 0. The molecule has 0 heterocycles. The Labute approximate surface area is 390 Å². The maximum absolute atomic E-state index is 12.8. The minimum absolute atomic E-state index is 0.0878. The molecule has 6 heteroatoms. The van der Waals surface area contributed by atoms with Crippen LogP contribution in [0.5, 0.6) is 0 Å². The molecular weight excluding hydrogens is 781 g/mol. The van der Waals surface area contributed by atoms with Gasteiger partial charge < -0.3 is 14.2 Å². The highest BCUT2D eigenvalue weighted by molar-refractivity contribution is 5.71. The first kappa shape index (κ1) is 60.4. The molecule has 0 aliphatic carbocycles. The highest BCUT2D eigenvalue weighted by Crippen LogP contribution is 2.15. The van der Waals surface area contributed by atoms with Gasteiger partial charge in [0, 0.05) is 19.3 Å². The fraction of sp³-hybridized carbons (Fsp3) is 0.807. The lowest BCUT2D eigenvalue weighted by Crippen LogP contribution is -2.30. The fourth-order valence-corrected chi connectivity index (χ4v) is 7.69. The van der Waals surface area contributed by atoms with Gasteiger partial charge in [-0.25, -0.2) is 0 Å². The molecule has 1 unspecified atom stereocenters. The van der Waals surface area contributed by atoms with E-state index in [1.54, 1.807) is 0 Å². The highest BCUT2D eigenvalue weighted by atomic mass is 16.6. The van der Waals surface area contributed by atoms with E-state index >= 15 is 0 Å². The normalized spacial score (nSPS) is 12.4. The fourth-order valence-electron chi connectivity index (χ4n) is 7.69. The molecule has 0 bridgehead atoms. The summed E-state index contributed by atoms with van der Waals surface area (Å²) >= 11 is 0. The number of rotatable bonds is 49. The number of unbranched alkanes of at least 4 members (excludes halogenated alkanes) is 30. The van der Waals surface area contributed by atoms with Gasteiger partial charge in [-0.3, -0.25) is 14.4 Å². The second-order valence-electron chi connectivity index (χ2n) is 18.1. The molecule has 0 aromatic heterocycles. The van der Waals surface area contributed by atoms with Crippen molar-refractivity contribution in [2.45, 2.75) is 284 Å². The number of esters is 3. The summed E-state index contributed by atoms with van der Waals surface area (Å²) in [6, 6.07) is 0. The summed E-state index contributed by atoms with van der Waals surface area (Å²) in [5, 5.41) is 0. The second kappa shape index (κ2) is 52.0. The number of allylic oxidation sites excluding steroid dienone is 8. The van der Waals surface area contributed by atoms with E-state index in [1.165, 1.54) is 173 Å². The molecule has 0 aromatic rings. The van der Waals surface area contributed by atoms with Crippen molar-refractivity contribution in [3.05, 3.63) is 48.6 Å². The molecule has 0 aliphatic rings. The molecule has 0 spiro atoms. The lowest BCUT2D eigenvalue weighted by atomic mass is 10.0. The van der Waals surface area contributed by atoms with Gasteiger partial charge in [0.2, 0.25) is 0 Å². The maximum Gasteiger partial charge on any atom is 0.306 e. The molecule has 366 valence electrons. The van der Waals surface area contributed by atoms with Crippen LogP contribution in [-0.4, -0.2) is 37.2 Å². The highest BCUT2D eigenvalue weighted by Gasteiger charge is 2.19. The molecular formula is C57H102O6. The Hall–Kier alpha value is -2.63. The van der Waals surface area contributed by atoms with Crippen molar-refractivity contribution in [1.29, 1.82) is 0 Å². The molecule has 63 heavy (non-hydrogen) atoms. The van der Waals surface area contributed by atoms with E-state index in [0.717, 1.165) is 57.8 Å². The number of hydrogen-bond donors (Lipinski definition) is 0. The van der Waals surface area contributed by atoms with Gasteiger partial charge in [0.25, 0.3) is 0 Å². The maximum atomic E-state index is 12.8. The van der Waals surface area contributed by atoms with Gasteiger partial charge in [-0.15, -0.1) is 0 Å². The zero-order chi connectivity index (χ0) is 45.8. The summed E-state index contributed by atoms with van der Waals surface area (Å²) in [5.74, 6) is -0.937. The SMILES string of the molecule is CCCCCC/C=C\CCCCCCCCCC(=O)OC(COC(=O)CCC/C=C\C/C=C\C/C=C\CCCCCCCC)COC(=O)CCCCCCCCCCCCCCC. The van der Waals surface area contributed by atoms with Gasteiger partial charge in [0.1, 0.15) is 13.2 Å². The van der Waals surface area contributed by atoms with E-state index < -0.39 is 6.10 Å². The van der Waals surface area contributed by atoms with Crippen LogP contribution >= 0.6 is 0 Å². The Morgan fingerprint density at radius 2 is 0.587 bits per heavy atom. The van der Waals surface area contributed by atoms with Crippen LogP contribution in [0.2, 0.25) is 0 Å². The van der Waals surface area contributed by atoms with Gasteiger partial charge in [-0.05, 0) is 77.0 Å². The summed E-state index contributed by atoms with van der Waals surface area (Å²) in [6.07, 6.45) is 62.4. The lowest BCUT2D eigenvalue weighted by molar-refractivity contribution is -0.167. The first-order valence-electron chi connectivity index (χ1n) is 27.1. The Balaban J connectivity index is 4.43. The third-order valence-electron chi connectivity index (χ3n) is 11.8. The first-order valence-corrected chi connectivity index (χ1v) is 27.1.